The van der Waals surface area contributed by atoms with Gasteiger partial charge in [-0.05, 0) is 241 Å². The van der Waals surface area contributed by atoms with Crippen molar-refractivity contribution in [2.45, 2.75) is 105 Å². The van der Waals surface area contributed by atoms with Gasteiger partial charge in [0.05, 0.1) is 0 Å². The van der Waals surface area contributed by atoms with E-state index >= 15 is 0 Å². The first-order chi connectivity index (χ1) is 43.2. The summed E-state index contributed by atoms with van der Waals surface area (Å²) in [4.78, 5) is 0. The smallest absolute Gasteiger partial charge is 0.000740 e. The minimum absolute atomic E-state index is 0.0170. The zero-order valence-electron chi connectivity index (χ0n) is 53.8. The maximum atomic E-state index is 2.59. The molecule has 0 heterocycles. The summed E-state index contributed by atoms with van der Waals surface area (Å²) in [6.45, 7) is 28.1. The molecule has 0 amide bonds. The fourth-order valence-corrected chi connectivity index (χ4v) is 16.8. The summed E-state index contributed by atoms with van der Waals surface area (Å²) in [6.07, 6.45) is 0. The maximum absolute atomic E-state index is 2.59. The van der Waals surface area contributed by atoms with Gasteiger partial charge in [0.1, 0.15) is 0 Å². The van der Waals surface area contributed by atoms with Gasteiger partial charge < -0.3 is 0 Å². The van der Waals surface area contributed by atoms with Crippen LogP contribution in [0.3, 0.4) is 0 Å². The topological polar surface area (TPSA) is 0 Å². The first-order valence-electron chi connectivity index (χ1n) is 32.6. The minimum Gasteiger partial charge on any atom is -0.0616 e. The zero-order chi connectivity index (χ0) is 61.4. The molecule has 18 rings (SSSR count). The molecule has 0 radical (unpaired) electrons. The van der Waals surface area contributed by atoms with Crippen LogP contribution in [0.15, 0.2) is 218 Å². The number of benzene rings is 15. The molecular formula is C90H72. The van der Waals surface area contributed by atoms with Gasteiger partial charge in [-0.2, -0.15) is 0 Å². The third-order valence-electron chi connectivity index (χ3n) is 21.2. The van der Waals surface area contributed by atoms with Crippen molar-refractivity contribution < 1.29 is 0 Å². The van der Waals surface area contributed by atoms with Crippen LogP contribution in [0.25, 0.3) is 185 Å². The van der Waals surface area contributed by atoms with E-state index in [-0.39, 0.29) is 21.7 Å². The van der Waals surface area contributed by atoms with Crippen molar-refractivity contribution in [2.24, 2.45) is 0 Å². The third kappa shape index (κ3) is 7.31. The minimum atomic E-state index is -0.0487. The third-order valence-corrected chi connectivity index (χ3v) is 21.2. The van der Waals surface area contributed by atoms with E-state index in [1.807, 2.05) is 0 Å². The first-order valence-corrected chi connectivity index (χ1v) is 32.6. The molecule has 0 nitrogen and oxygen atoms in total. The van der Waals surface area contributed by atoms with E-state index in [1.54, 1.807) is 0 Å². The fraction of sp³-hybridized carbons (Fsp3) is 0.178. The number of fused-ring (bicyclic) bond motifs is 13. The number of hydrogen-bond acceptors (Lipinski definition) is 0. The summed E-state index contributed by atoms with van der Waals surface area (Å²) < 4.78 is 0. The molecule has 0 saturated carbocycles. The second kappa shape index (κ2) is 18.0. The highest BCUT2D eigenvalue weighted by molar-refractivity contribution is 6.48. The van der Waals surface area contributed by atoms with Crippen molar-refractivity contribution in [3.05, 3.63) is 241 Å². The van der Waals surface area contributed by atoms with Crippen LogP contribution in [0.5, 0.6) is 0 Å². The van der Waals surface area contributed by atoms with Gasteiger partial charge in [-0.25, -0.2) is 0 Å². The Bertz CT molecular complexity index is 5620. The summed E-state index contributed by atoms with van der Waals surface area (Å²) in [5, 5.41) is 29.1. The van der Waals surface area contributed by atoms with Crippen LogP contribution in [0.2, 0.25) is 0 Å². The Morgan fingerprint density at radius 3 is 0.856 bits per heavy atom. The molecule has 0 spiro atoms. The van der Waals surface area contributed by atoms with E-state index in [9.17, 15) is 0 Å². The van der Waals surface area contributed by atoms with Crippen molar-refractivity contribution in [2.75, 3.05) is 0 Å². The Balaban J connectivity index is 0.997. The van der Waals surface area contributed by atoms with E-state index in [2.05, 4.69) is 301 Å². The Kier molecular flexibility index (Phi) is 10.7. The number of hydrogen-bond donors (Lipinski definition) is 0. The van der Waals surface area contributed by atoms with Gasteiger partial charge in [0.15, 0.2) is 0 Å². The normalized spacial score (nSPS) is 13.3. The van der Waals surface area contributed by atoms with Crippen LogP contribution >= 0.6 is 0 Å². The molecule has 432 valence electrons. The average Bonchev–Trinajstić information content (AvgIpc) is 1.56. The van der Waals surface area contributed by atoms with Gasteiger partial charge in [0.2, 0.25) is 0 Å². The monoisotopic (exact) mass is 1150 g/mol. The lowest BCUT2D eigenvalue weighted by atomic mass is 9.79. The van der Waals surface area contributed by atoms with Gasteiger partial charge in [-0.15, -0.1) is 0 Å². The second-order valence-corrected chi connectivity index (χ2v) is 30.7. The molecule has 1 aliphatic carbocycles. The SMILES string of the molecule is CC(C)(C)c1cccc(-c2c3c(c(-c4cccc(C(C)(C)C)c4)c4ccccc24)-c2ccc4c5ccc6c7c(-c8cccc(C(C)(C)C)c8)c8cc9c(cc8c(-c8cccc(C(C)(C)C)c8)c7c7ccc(c8ccc-3c2c84)c5c76)c2cccc3cccc9c32)c1. The Hall–Kier alpha value is -9.62. The molecule has 0 aliphatic heterocycles. The molecule has 0 N–H and O–H groups in total. The van der Waals surface area contributed by atoms with Crippen molar-refractivity contribution in [1.82, 2.24) is 0 Å². The van der Waals surface area contributed by atoms with Crippen LogP contribution < -0.4 is 0 Å². The molecule has 90 heavy (non-hydrogen) atoms. The maximum Gasteiger partial charge on any atom is -0.000740 e. The molecule has 0 unspecified atom stereocenters. The highest BCUT2D eigenvalue weighted by Gasteiger charge is 2.35. The highest BCUT2D eigenvalue weighted by Crippen LogP contribution is 2.62. The summed E-state index contributed by atoms with van der Waals surface area (Å²) in [5.74, 6) is 0. The Morgan fingerprint density at radius 2 is 0.478 bits per heavy atom. The van der Waals surface area contributed by atoms with Crippen LogP contribution in [-0.2, 0) is 21.7 Å². The van der Waals surface area contributed by atoms with Gasteiger partial charge in [-0.3, -0.25) is 0 Å². The van der Waals surface area contributed by atoms with E-state index in [4.69, 9.17) is 0 Å². The van der Waals surface area contributed by atoms with E-state index in [0.717, 1.165) is 0 Å². The quantitative estimate of drug-likeness (QED) is 0.122. The summed E-state index contributed by atoms with van der Waals surface area (Å²) in [6, 6.07) is 86.2. The molecule has 17 aromatic carbocycles. The van der Waals surface area contributed by atoms with Crippen LogP contribution in [-0.4, -0.2) is 0 Å². The van der Waals surface area contributed by atoms with Crippen LogP contribution in [0.4, 0.5) is 0 Å². The first kappa shape index (κ1) is 53.4. The highest BCUT2D eigenvalue weighted by atomic mass is 14.4. The van der Waals surface area contributed by atoms with E-state index in [0.29, 0.717) is 0 Å². The largest absolute Gasteiger partial charge is 0.0616 e. The second-order valence-electron chi connectivity index (χ2n) is 30.7. The summed E-state index contributed by atoms with van der Waals surface area (Å²) >= 11 is 0. The van der Waals surface area contributed by atoms with E-state index < -0.39 is 0 Å². The van der Waals surface area contributed by atoms with Crippen molar-refractivity contribution >= 4 is 118 Å². The van der Waals surface area contributed by atoms with Crippen molar-refractivity contribution in [1.29, 1.82) is 0 Å². The molecule has 17 aromatic rings. The summed E-state index contributed by atoms with van der Waals surface area (Å²) in [7, 11) is 0. The van der Waals surface area contributed by atoms with Crippen molar-refractivity contribution in [3.63, 3.8) is 0 Å². The lowest BCUT2D eigenvalue weighted by Gasteiger charge is -2.24. The predicted octanol–water partition coefficient (Wildman–Crippen LogP) is 26.2. The molecule has 0 heteroatoms. The zero-order valence-corrected chi connectivity index (χ0v) is 53.8. The summed E-state index contributed by atoms with van der Waals surface area (Å²) in [5.41, 5.74) is 20.9. The van der Waals surface area contributed by atoms with Gasteiger partial charge in [0, 0.05) is 0 Å². The van der Waals surface area contributed by atoms with Gasteiger partial charge in [-0.1, -0.05) is 289 Å². The van der Waals surface area contributed by atoms with Crippen molar-refractivity contribution in [3.8, 4) is 66.8 Å². The molecule has 0 aromatic heterocycles. The fourth-order valence-electron chi connectivity index (χ4n) is 16.8. The molecule has 0 bridgehead atoms. The van der Waals surface area contributed by atoms with Crippen LogP contribution in [0.1, 0.15) is 105 Å². The number of rotatable bonds is 4. The molecular weight excluding hydrogens is 1080 g/mol. The predicted molar refractivity (Wildman–Crippen MR) is 394 cm³/mol. The van der Waals surface area contributed by atoms with E-state index in [1.165, 1.54) is 208 Å². The van der Waals surface area contributed by atoms with Crippen LogP contribution in [0, 0.1) is 0 Å². The van der Waals surface area contributed by atoms with Gasteiger partial charge in [0.25, 0.3) is 0 Å². The Labute approximate surface area is 527 Å². The molecule has 0 atom stereocenters. The lowest BCUT2D eigenvalue weighted by Crippen LogP contribution is -2.11. The lowest BCUT2D eigenvalue weighted by molar-refractivity contribution is 0.590. The standard InChI is InChI=1S/C90H72/c1-87(2,3)54-27-15-23-50(43-54)75-58-31-13-14-32-59(58)76(51-24-16-28-55(44-51)88(4,5)6)84-67-40-36-63-65-38-42-69-82-68(41-37-64(80(65)82)62-35-39-66(83(75)84)81(67)79(62)63)85-77(52-25-17-29-56(45-52)89(7,8)9)72-47-70-60-33-19-21-49-22-20-34-61(74(49)60)71(70)48-73(72)78(86(69)85)53-26-18-30-57(46-53)90(10,11)12/h13-48H,1-12H3. The molecule has 0 saturated heterocycles. The average molecular weight is 1150 g/mol. The molecule has 1 aliphatic rings. The van der Waals surface area contributed by atoms with Gasteiger partial charge >= 0.3 is 0 Å². The molecule has 0 fully saturated rings. The Morgan fingerprint density at radius 1 is 0.178 bits per heavy atom.